The third kappa shape index (κ3) is 61.3. The first-order valence-electron chi connectivity index (χ1n) is 33.5. The number of hydrogen-bond donors (Lipinski definition) is 1. The summed E-state index contributed by atoms with van der Waals surface area (Å²) in [4.78, 5) is 40.0. The van der Waals surface area contributed by atoms with E-state index >= 15 is 0 Å². The van der Waals surface area contributed by atoms with E-state index in [0.29, 0.717) is 17.4 Å². The number of likely N-dealkylation sites (N-methyl/N-ethyl adjacent to an activating group) is 1. The van der Waals surface area contributed by atoms with Crippen molar-refractivity contribution >= 4 is 19.7 Å². The van der Waals surface area contributed by atoms with Crippen molar-refractivity contribution in [2.24, 2.45) is 0 Å². The number of phosphoric ester groups is 1. The smallest absolute Gasteiger partial charge is 0.306 e. The number of nitrogens with one attached hydrogen (secondary N) is 1. The molecule has 1 amide bonds. The fraction of sp³-hybridized carbons (Fsp3) is 0.746. The van der Waals surface area contributed by atoms with Gasteiger partial charge in [0.05, 0.1) is 33.8 Å². The van der Waals surface area contributed by atoms with Crippen LogP contribution in [0.2, 0.25) is 0 Å². The van der Waals surface area contributed by atoms with Gasteiger partial charge in [-0.05, 0) is 109 Å². The summed E-state index contributed by atoms with van der Waals surface area (Å²) >= 11 is 0. The summed E-state index contributed by atoms with van der Waals surface area (Å²) in [6.45, 7) is 6.75. The van der Waals surface area contributed by atoms with E-state index in [1.165, 1.54) is 173 Å². The molecule has 81 heavy (non-hydrogen) atoms. The lowest BCUT2D eigenvalue weighted by Crippen LogP contribution is -2.47. The number of carbonyl (C=O) groups excluding carboxylic acids is 2. The molecule has 0 saturated heterocycles. The molecule has 0 aromatic carbocycles. The fourth-order valence-corrected chi connectivity index (χ4v) is 10.0. The van der Waals surface area contributed by atoms with Gasteiger partial charge in [0, 0.05) is 12.8 Å². The summed E-state index contributed by atoms with van der Waals surface area (Å²) in [6, 6.07) is -0.921. The lowest BCUT2D eigenvalue weighted by atomic mass is 10.0. The van der Waals surface area contributed by atoms with Gasteiger partial charge >= 0.3 is 5.97 Å². The Hall–Kier alpha value is -3.07. The quantitative estimate of drug-likeness (QED) is 0.0212. The van der Waals surface area contributed by atoms with Crippen LogP contribution >= 0.6 is 7.82 Å². The highest BCUT2D eigenvalue weighted by Crippen LogP contribution is 2.38. The van der Waals surface area contributed by atoms with Crippen molar-refractivity contribution in [3.63, 3.8) is 0 Å². The average Bonchev–Trinajstić information content (AvgIpc) is 3.44. The van der Waals surface area contributed by atoms with E-state index in [4.69, 9.17) is 13.8 Å². The monoisotopic (exact) mass is 1150 g/mol. The second-order valence-corrected chi connectivity index (χ2v) is 25.0. The van der Waals surface area contributed by atoms with E-state index in [2.05, 4.69) is 111 Å². The van der Waals surface area contributed by atoms with E-state index in [1.807, 2.05) is 33.3 Å². The van der Waals surface area contributed by atoms with Crippen LogP contribution in [0, 0.1) is 0 Å². The number of rotatable bonds is 60. The Balaban J connectivity index is 5.10. The summed E-state index contributed by atoms with van der Waals surface area (Å²) in [5.41, 5.74) is 0. The van der Waals surface area contributed by atoms with Crippen LogP contribution in [0.25, 0.3) is 0 Å². The molecule has 1 N–H and O–H groups in total. The van der Waals surface area contributed by atoms with Crippen LogP contribution in [0.15, 0.2) is 97.2 Å². The molecule has 0 rings (SSSR count). The van der Waals surface area contributed by atoms with E-state index < -0.39 is 26.6 Å². The number of hydrogen-bond acceptors (Lipinski definition) is 7. The molecular formula is C71H127N2O7P. The molecule has 0 spiro atoms. The van der Waals surface area contributed by atoms with Gasteiger partial charge in [0.15, 0.2) is 0 Å². The van der Waals surface area contributed by atoms with Gasteiger partial charge in [-0.1, -0.05) is 266 Å². The average molecular weight is 1150 g/mol. The third-order valence-electron chi connectivity index (χ3n) is 14.5. The molecule has 0 bridgehead atoms. The molecule has 0 saturated carbocycles. The number of ether oxygens (including phenoxy) is 1. The zero-order valence-corrected chi connectivity index (χ0v) is 54.4. The largest absolute Gasteiger partial charge is 0.756 e. The molecule has 0 aromatic rings. The number of nitrogens with zero attached hydrogens (tertiary/aromatic N) is 1. The summed E-state index contributed by atoms with van der Waals surface area (Å²) in [5, 5.41) is 3.00. The predicted molar refractivity (Wildman–Crippen MR) is 348 cm³/mol. The lowest BCUT2D eigenvalue weighted by Gasteiger charge is -2.30. The highest BCUT2D eigenvalue weighted by atomic mass is 31.2. The van der Waals surface area contributed by atoms with Crippen LogP contribution in [0.4, 0.5) is 0 Å². The van der Waals surface area contributed by atoms with E-state index in [0.717, 1.165) is 77.0 Å². The normalized spacial score (nSPS) is 14.2. The molecule has 10 heteroatoms. The van der Waals surface area contributed by atoms with E-state index in [1.54, 1.807) is 0 Å². The van der Waals surface area contributed by atoms with Gasteiger partial charge in [0.25, 0.3) is 7.82 Å². The van der Waals surface area contributed by atoms with Gasteiger partial charge in [0.1, 0.15) is 19.3 Å². The fourth-order valence-electron chi connectivity index (χ4n) is 9.29. The second-order valence-electron chi connectivity index (χ2n) is 23.6. The predicted octanol–water partition coefficient (Wildman–Crippen LogP) is 20.5. The van der Waals surface area contributed by atoms with Crippen molar-refractivity contribution in [2.75, 3.05) is 40.9 Å². The number of phosphoric acid groups is 1. The highest BCUT2D eigenvalue weighted by molar-refractivity contribution is 7.45. The molecule has 9 nitrogen and oxygen atoms in total. The molecule has 3 unspecified atom stereocenters. The van der Waals surface area contributed by atoms with Gasteiger partial charge in [-0.3, -0.25) is 14.2 Å². The first kappa shape index (κ1) is 77.9. The SMILES string of the molecule is CCCCC/C=C\C/C=C\C/C=C\C/C=C\CCCC(=O)NC(COP(=O)([O-])OCC[N+](C)(C)C)C(/C=C\CCCCCCCCCCC)OC(=O)CCCCCCCCCCCCCCCC/C=C\C/C=C\C/C=C\CCCCC. The van der Waals surface area contributed by atoms with Crippen LogP contribution in [0.5, 0.6) is 0 Å². The standard InChI is InChI=1S/C71H127N2O7P/c1-7-10-13-16-19-22-25-27-29-31-32-33-34-35-36-37-38-39-40-42-44-46-49-52-55-58-61-64-71(75)80-69(62-59-56-53-50-47-24-21-18-15-12-9-3)68(67-79-81(76,77)78-66-65-73(4,5)6)72-70(74)63-60-57-54-51-48-45-43-41-30-28-26-23-20-17-14-11-8-2/h19-20,22-23,27-30,32-33,43,45,51,54,59,62,68-69H,7-18,21,24-26,31,34-42,44,46-50,52-53,55-58,60-61,63-67H2,1-6H3,(H-,72,74,76,77)/b22-19-,23-20-,29-27-,30-28-,33-32-,45-43-,54-51-,62-59-. The highest BCUT2D eigenvalue weighted by Gasteiger charge is 2.27. The molecular weight excluding hydrogens is 1020 g/mol. The summed E-state index contributed by atoms with van der Waals surface area (Å²) in [6.07, 6.45) is 81.1. The zero-order chi connectivity index (χ0) is 59.3. The van der Waals surface area contributed by atoms with Crippen LogP contribution in [0.1, 0.15) is 290 Å². The van der Waals surface area contributed by atoms with Crippen LogP contribution in [-0.4, -0.2) is 69.4 Å². The van der Waals surface area contributed by atoms with E-state index in [-0.39, 0.29) is 31.3 Å². The summed E-state index contributed by atoms with van der Waals surface area (Å²) in [5.74, 6) is -0.607. The van der Waals surface area contributed by atoms with E-state index in [9.17, 15) is 19.0 Å². The van der Waals surface area contributed by atoms with Crippen molar-refractivity contribution in [3.05, 3.63) is 97.2 Å². The minimum atomic E-state index is -4.72. The van der Waals surface area contributed by atoms with Gasteiger partial charge < -0.3 is 28.5 Å². The number of carbonyl (C=O) groups is 2. The topological polar surface area (TPSA) is 114 Å². The third-order valence-corrected chi connectivity index (χ3v) is 15.5. The van der Waals surface area contributed by atoms with Crippen molar-refractivity contribution in [1.82, 2.24) is 5.32 Å². The van der Waals surface area contributed by atoms with Gasteiger partial charge in [-0.2, -0.15) is 0 Å². The van der Waals surface area contributed by atoms with Gasteiger partial charge in [0.2, 0.25) is 5.91 Å². The molecule has 0 fully saturated rings. The number of esters is 1. The number of unbranched alkanes of at least 4 members (excludes halogenated alkanes) is 30. The van der Waals surface area contributed by atoms with Crippen molar-refractivity contribution in [3.8, 4) is 0 Å². The molecule has 0 radical (unpaired) electrons. The van der Waals surface area contributed by atoms with Gasteiger partial charge in [-0.25, -0.2) is 0 Å². The Morgan fingerprint density at radius 3 is 1.17 bits per heavy atom. The van der Waals surface area contributed by atoms with Crippen LogP contribution in [0.3, 0.4) is 0 Å². The Bertz CT molecular complexity index is 1710. The first-order chi connectivity index (χ1) is 39.4. The molecule has 0 aliphatic rings. The minimum Gasteiger partial charge on any atom is -0.756 e. The van der Waals surface area contributed by atoms with Crippen LogP contribution in [-0.2, 0) is 27.9 Å². The maximum atomic E-state index is 13.5. The molecule has 0 aliphatic heterocycles. The Morgan fingerprint density at radius 1 is 0.432 bits per heavy atom. The maximum absolute atomic E-state index is 13.5. The summed E-state index contributed by atoms with van der Waals surface area (Å²) in [7, 11) is 1.14. The first-order valence-corrected chi connectivity index (χ1v) is 35.0. The lowest BCUT2D eigenvalue weighted by molar-refractivity contribution is -0.870. The molecule has 0 aliphatic carbocycles. The Morgan fingerprint density at radius 2 is 0.765 bits per heavy atom. The molecule has 0 heterocycles. The molecule has 3 atom stereocenters. The van der Waals surface area contributed by atoms with Crippen molar-refractivity contribution < 1.29 is 37.3 Å². The maximum Gasteiger partial charge on any atom is 0.306 e. The second kappa shape index (κ2) is 60.1. The van der Waals surface area contributed by atoms with Crippen LogP contribution < -0.4 is 10.2 Å². The Labute approximate surface area is 500 Å². The Kier molecular flexibility index (Phi) is 57.8. The number of allylic oxidation sites excluding steroid dienone is 15. The summed E-state index contributed by atoms with van der Waals surface area (Å²) < 4.78 is 30.3. The van der Waals surface area contributed by atoms with Crippen molar-refractivity contribution in [1.29, 1.82) is 0 Å². The van der Waals surface area contributed by atoms with Crippen molar-refractivity contribution in [2.45, 2.75) is 303 Å². The zero-order valence-electron chi connectivity index (χ0n) is 53.5. The minimum absolute atomic E-state index is 0.0358. The number of amides is 1. The molecule has 468 valence electrons. The van der Waals surface area contributed by atoms with Gasteiger partial charge in [-0.15, -0.1) is 0 Å². The molecule has 0 aromatic heterocycles. The number of quaternary nitrogens is 1.